The molecule has 5 amide bonds. The first-order chi connectivity index (χ1) is 25.9. The molecule has 2 aromatic rings. The number of sulfonamides is 1. The number of nitrogens with zero attached hydrogens (tertiary/aromatic N) is 3. The molecule has 3 fully saturated rings. The fourth-order valence-electron chi connectivity index (χ4n) is 7.78. The van der Waals surface area contributed by atoms with E-state index >= 15 is 0 Å². The molecule has 1 aromatic heterocycles. The third kappa shape index (κ3) is 8.53. The van der Waals surface area contributed by atoms with E-state index in [0.717, 1.165) is 6.42 Å². The van der Waals surface area contributed by atoms with Gasteiger partial charge in [-0.1, -0.05) is 44.6 Å². The largest absolute Gasteiger partial charge is 0.479 e. The third-order valence-corrected chi connectivity index (χ3v) is 13.6. The summed E-state index contributed by atoms with van der Waals surface area (Å²) in [6, 6.07) is 4.68. The Bertz CT molecular complexity index is 1960. The topological polar surface area (TPSA) is 198 Å². The molecule has 2 aliphatic carbocycles. The number of methoxy groups -OCH3 is 1. The highest BCUT2D eigenvalue weighted by Gasteiger charge is 2.63. The van der Waals surface area contributed by atoms with Crippen LogP contribution >= 0.6 is 0 Å². The van der Waals surface area contributed by atoms with E-state index in [0.29, 0.717) is 48.8 Å². The van der Waals surface area contributed by atoms with E-state index < -0.39 is 73.7 Å². The van der Waals surface area contributed by atoms with E-state index in [1.807, 2.05) is 64.1 Å². The molecule has 4 aliphatic rings. The van der Waals surface area contributed by atoms with Gasteiger partial charge in [-0.25, -0.2) is 13.2 Å². The van der Waals surface area contributed by atoms with Crippen molar-refractivity contribution in [3.8, 4) is 11.8 Å². The summed E-state index contributed by atoms with van der Waals surface area (Å²) in [4.78, 5) is 58.2. The lowest BCUT2D eigenvalue weighted by Gasteiger charge is -2.34. The Morgan fingerprint density at radius 2 is 1.75 bits per heavy atom. The predicted molar refractivity (Wildman–Crippen MR) is 205 cm³/mol. The summed E-state index contributed by atoms with van der Waals surface area (Å²) in [7, 11) is -2.50. The van der Waals surface area contributed by atoms with Gasteiger partial charge in [0.15, 0.2) is 0 Å². The summed E-state index contributed by atoms with van der Waals surface area (Å²) in [5.74, 6) is -1.91. The van der Waals surface area contributed by atoms with Gasteiger partial charge < -0.3 is 30.3 Å². The van der Waals surface area contributed by atoms with Crippen LogP contribution in [0.5, 0.6) is 11.8 Å². The lowest BCUT2D eigenvalue weighted by molar-refractivity contribution is -0.142. The van der Waals surface area contributed by atoms with Gasteiger partial charge in [0.25, 0.3) is 5.91 Å². The molecule has 300 valence electrons. The second kappa shape index (κ2) is 15.2. The van der Waals surface area contributed by atoms with E-state index in [-0.39, 0.29) is 37.1 Å². The minimum Gasteiger partial charge on any atom is -0.479 e. The van der Waals surface area contributed by atoms with Crippen molar-refractivity contribution in [1.82, 2.24) is 35.8 Å². The summed E-state index contributed by atoms with van der Waals surface area (Å²) >= 11 is 0. The molecule has 1 aromatic carbocycles. The van der Waals surface area contributed by atoms with Crippen LogP contribution in [-0.4, -0.2) is 94.9 Å². The van der Waals surface area contributed by atoms with E-state index in [9.17, 15) is 27.6 Å². The third-order valence-electron chi connectivity index (χ3n) is 11.5. The first-order valence-corrected chi connectivity index (χ1v) is 20.8. The molecule has 3 heterocycles. The number of hydrogen-bond donors (Lipinski definition) is 4. The van der Waals surface area contributed by atoms with Crippen molar-refractivity contribution in [2.24, 2.45) is 17.8 Å². The van der Waals surface area contributed by atoms with Gasteiger partial charge in [-0.15, -0.1) is 10.2 Å². The SMILES string of the molecule is CC[C@@H]1C[C@H](C)CCC=C[C@@H]2C[C@@]2(C(=O)NS(=O)(=O)C2(C)CC2)NC(=O)[C@@H]2C[C@@H](Oc3nnc(OC)c4ccccc34)CN2C(=O)[C@H]1NC(=O)NC(C)(C)C. The molecule has 4 N–H and O–H groups in total. The van der Waals surface area contributed by atoms with Gasteiger partial charge in [0.1, 0.15) is 23.7 Å². The Morgan fingerprint density at radius 1 is 1.07 bits per heavy atom. The molecule has 6 rings (SSSR count). The normalized spacial score (nSPS) is 29.5. The van der Waals surface area contributed by atoms with Gasteiger partial charge >= 0.3 is 6.03 Å². The van der Waals surface area contributed by atoms with Gasteiger partial charge in [-0.2, -0.15) is 0 Å². The fourth-order valence-corrected chi connectivity index (χ4v) is 9.10. The predicted octanol–water partition coefficient (Wildman–Crippen LogP) is 3.73. The van der Waals surface area contributed by atoms with E-state index in [1.54, 1.807) is 6.92 Å². The van der Waals surface area contributed by atoms with Crippen LogP contribution in [0.3, 0.4) is 0 Å². The Morgan fingerprint density at radius 3 is 2.38 bits per heavy atom. The maximum Gasteiger partial charge on any atom is 0.315 e. The fraction of sp³-hybridized carbons (Fsp3) is 0.641. The molecule has 0 bridgehead atoms. The number of nitrogens with one attached hydrogen (secondary N) is 4. The highest BCUT2D eigenvalue weighted by Crippen LogP contribution is 2.47. The highest BCUT2D eigenvalue weighted by atomic mass is 32.2. The number of urea groups is 1. The van der Waals surface area contributed by atoms with Crippen molar-refractivity contribution < 1.29 is 37.1 Å². The average Bonchev–Trinajstić information content (AvgIpc) is 4.00. The van der Waals surface area contributed by atoms with Crippen LogP contribution in [0, 0.1) is 17.8 Å². The first-order valence-electron chi connectivity index (χ1n) is 19.3. The molecule has 7 atom stereocenters. The molecule has 0 spiro atoms. The molecule has 2 saturated carbocycles. The monoisotopic (exact) mass is 781 g/mol. The smallest absolute Gasteiger partial charge is 0.315 e. The zero-order chi connectivity index (χ0) is 39.9. The van der Waals surface area contributed by atoms with Gasteiger partial charge in [-0.05, 0) is 90.2 Å². The molecule has 0 unspecified atom stereocenters. The number of rotatable bonds is 8. The number of amides is 5. The molecular weight excluding hydrogens is 727 g/mol. The van der Waals surface area contributed by atoms with Crippen molar-refractivity contribution in [3.05, 3.63) is 36.4 Å². The molecule has 0 radical (unpaired) electrons. The quantitative estimate of drug-likeness (QED) is 0.287. The molecule has 2 aliphatic heterocycles. The summed E-state index contributed by atoms with van der Waals surface area (Å²) in [5.41, 5.74) is -2.11. The molecule has 16 heteroatoms. The van der Waals surface area contributed by atoms with E-state index in [4.69, 9.17) is 9.47 Å². The lowest BCUT2D eigenvalue weighted by atomic mass is 9.85. The molecular formula is C39H55N7O8S. The van der Waals surface area contributed by atoms with Crippen LogP contribution in [0.25, 0.3) is 10.8 Å². The second-order valence-corrected chi connectivity index (χ2v) is 19.2. The second-order valence-electron chi connectivity index (χ2n) is 17.0. The van der Waals surface area contributed by atoms with Crippen LogP contribution in [0.15, 0.2) is 36.4 Å². The lowest BCUT2D eigenvalue weighted by Crippen LogP contribution is -2.60. The Hall–Kier alpha value is -4.47. The van der Waals surface area contributed by atoms with Crippen LogP contribution in [0.4, 0.5) is 4.79 Å². The zero-order valence-corrected chi connectivity index (χ0v) is 33.6. The zero-order valence-electron chi connectivity index (χ0n) is 32.8. The van der Waals surface area contributed by atoms with Gasteiger partial charge in [0.2, 0.25) is 33.6 Å². The van der Waals surface area contributed by atoms with E-state index in [1.165, 1.54) is 12.0 Å². The average molecular weight is 782 g/mol. The first kappa shape index (κ1) is 40.2. The number of fused-ring (bicyclic) bond motifs is 3. The van der Waals surface area contributed by atoms with Crippen molar-refractivity contribution in [2.45, 2.75) is 127 Å². The number of aromatic nitrogens is 2. The minimum atomic E-state index is -4.00. The summed E-state index contributed by atoms with van der Waals surface area (Å²) in [6.45, 7) is 11.2. The summed E-state index contributed by atoms with van der Waals surface area (Å²) in [6.07, 6.45) is 6.92. The number of carbonyl (C=O) groups is 4. The number of allylic oxidation sites excluding steroid dienone is 1. The molecule has 55 heavy (non-hydrogen) atoms. The minimum absolute atomic E-state index is 0.0285. The maximum absolute atomic E-state index is 14.9. The van der Waals surface area contributed by atoms with Crippen LogP contribution in [-0.2, 0) is 24.4 Å². The number of ether oxygens (including phenoxy) is 2. The van der Waals surface area contributed by atoms with E-state index in [2.05, 4.69) is 37.8 Å². The highest BCUT2D eigenvalue weighted by molar-refractivity contribution is 7.91. The Balaban J connectivity index is 1.37. The molecule has 1 saturated heterocycles. The van der Waals surface area contributed by atoms with Crippen LogP contribution in [0.2, 0.25) is 0 Å². The van der Waals surface area contributed by atoms with Gasteiger partial charge in [0, 0.05) is 17.9 Å². The van der Waals surface area contributed by atoms with Crippen molar-refractivity contribution >= 4 is 44.5 Å². The van der Waals surface area contributed by atoms with Gasteiger partial charge in [-0.3, -0.25) is 19.1 Å². The molecule has 15 nitrogen and oxygen atoms in total. The maximum atomic E-state index is 14.9. The van der Waals surface area contributed by atoms with Crippen LogP contribution < -0.4 is 30.1 Å². The van der Waals surface area contributed by atoms with Crippen molar-refractivity contribution in [2.75, 3.05) is 13.7 Å². The number of hydrogen-bond acceptors (Lipinski definition) is 10. The number of carbonyl (C=O) groups excluding carboxylic acids is 4. The number of benzene rings is 1. The van der Waals surface area contributed by atoms with Crippen LogP contribution in [0.1, 0.15) is 92.9 Å². The Labute approximate surface area is 323 Å². The standard InChI is InChI=1S/C39H55N7O8S/c1-8-24-19-23(2)13-9-10-14-25-21-39(25,35(49)45-55(51,52)38(6)17-18-38)41-31(47)29-20-26(22-46(29)34(48)30(24)40-36(50)42-37(3,4)5)54-33-28-16-12-11-15-27(28)32(53-7)43-44-33/h10-12,14-16,23-26,29-30H,8-9,13,17-22H2,1-7H3,(H,41,47)(H,45,49)(H2,40,42,50)/t23-,24-,25-,26-,29+,30+,39-/m1/s1. The van der Waals surface area contributed by atoms with Gasteiger partial charge in [0.05, 0.1) is 29.2 Å². The Kier molecular flexibility index (Phi) is 11.1. The van der Waals surface area contributed by atoms with Crippen molar-refractivity contribution in [3.63, 3.8) is 0 Å². The summed E-state index contributed by atoms with van der Waals surface area (Å²) in [5, 5.41) is 18.5. The van der Waals surface area contributed by atoms with Crippen molar-refractivity contribution in [1.29, 1.82) is 0 Å². The summed E-state index contributed by atoms with van der Waals surface area (Å²) < 4.78 is 39.5.